The maximum Gasteiger partial charge on any atom is 0.408 e. The summed E-state index contributed by atoms with van der Waals surface area (Å²) in [7, 11) is 0. The van der Waals surface area contributed by atoms with E-state index in [0.29, 0.717) is 5.56 Å². The second kappa shape index (κ2) is 18.0. The number of aliphatic hydroxyl groups excluding tert-OH is 1. The van der Waals surface area contributed by atoms with Crippen LogP contribution in [0, 0.1) is 5.92 Å². The third-order valence-electron chi connectivity index (χ3n) is 6.04. The van der Waals surface area contributed by atoms with Crippen LogP contribution in [0.1, 0.15) is 43.4 Å². The molecule has 0 aliphatic heterocycles. The Morgan fingerprint density at radius 3 is 2.12 bits per heavy atom. The molecule has 2 aromatic rings. The number of rotatable bonds is 17. The molecule has 0 spiro atoms. The minimum absolute atomic E-state index is 0.0352. The second-order valence-electron chi connectivity index (χ2n) is 9.46. The van der Waals surface area contributed by atoms with E-state index in [1.165, 1.54) is 6.08 Å². The lowest BCUT2D eigenvalue weighted by atomic mass is 9.98. The maximum atomic E-state index is 13.2. The molecule has 4 N–H and O–H groups in total. The average molecular weight is 566 g/mol. The van der Waals surface area contributed by atoms with Gasteiger partial charge in [-0.15, -0.1) is 13.2 Å². The summed E-state index contributed by atoms with van der Waals surface area (Å²) >= 11 is 0. The third-order valence-corrected chi connectivity index (χ3v) is 6.04. The molecule has 41 heavy (non-hydrogen) atoms. The van der Waals surface area contributed by atoms with Crippen molar-refractivity contribution in [3.05, 3.63) is 97.1 Å². The van der Waals surface area contributed by atoms with E-state index in [1.54, 1.807) is 37.3 Å². The number of hydrogen-bond acceptors (Lipinski definition) is 7. The summed E-state index contributed by atoms with van der Waals surface area (Å²) in [5.74, 6) is -2.26. The number of carbonyl (C=O) groups is 4. The molecule has 0 unspecified atom stereocenters. The monoisotopic (exact) mass is 565 g/mol. The molecule has 0 heterocycles. The summed E-state index contributed by atoms with van der Waals surface area (Å²) < 4.78 is 10.7. The number of esters is 1. The molecular weight excluding hydrogens is 526 g/mol. The third kappa shape index (κ3) is 12.1. The largest absolute Gasteiger partial charge is 0.462 e. The molecule has 0 saturated carbocycles. The van der Waals surface area contributed by atoms with E-state index < -0.39 is 42.0 Å². The van der Waals surface area contributed by atoms with Crippen molar-refractivity contribution in [2.45, 2.75) is 50.9 Å². The van der Waals surface area contributed by atoms with Gasteiger partial charge in [0, 0.05) is 12.5 Å². The molecule has 0 aliphatic rings. The predicted octanol–water partition coefficient (Wildman–Crippen LogP) is 3.34. The molecule has 0 fully saturated rings. The normalized spacial score (nSPS) is 13.4. The van der Waals surface area contributed by atoms with E-state index in [-0.39, 0.29) is 45.0 Å². The van der Waals surface area contributed by atoms with Crippen LogP contribution in [0.5, 0.6) is 0 Å². The van der Waals surface area contributed by atoms with Gasteiger partial charge < -0.3 is 30.5 Å². The number of amides is 3. The molecule has 0 radical (unpaired) electrons. The predicted molar refractivity (Wildman–Crippen MR) is 154 cm³/mol. The molecule has 2 rings (SSSR count). The quantitative estimate of drug-likeness (QED) is 0.170. The number of aliphatic hydroxyl groups is 1. The maximum absolute atomic E-state index is 13.2. The van der Waals surface area contributed by atoms with E-state index >= 15 is 0 Å². The van der Waals surface area contributed by atoms with Crippen LogP contribution in [-0.2, 0) is 30.5 Å². The highest BCUT2D eigenvalue weighted by molar-refractivity contribution is 5.86. The molecule has 0 aromatic heterocycles. The number of allylic oxidation sites excluding steroid dienone is 1. The summed E-state index contributed by atoms with van der Waals surface area (Å²) in [6, 6.07) is 15.8. The van der Waals surface area contributed by atoms with E-state index in [4.69, 9.17) is 9.47 Å². The van der Waals surface area contributed by atoms with Crippen molar-refractivity contribution in [3.63, 3.8) is 0 Å². The van der Waals surface area contributed by atoms with Gasteiger partial charge in [0.2, 0.25) is 11.8 Å². The highest BCUT2D eigenvalue weighted by atomic mass is 16.6. The van der Waals surface area contributed by atoms with E-state index in [9.17, 15) is 24.3 Å². The average Bonchev–Trinajstić information content (AvgIpc) is 2.98. The minimum Gasteiger partial charge on any atom is -0.462 e. The molecule has 3 amide bonds. The fraction of sp³-hybridized carbons (Fsp3) is 0.355. The van der Waals surface area contributed by atoms with Gasteiger partial charge in [-0.25, -0.2) is 9.59 Å². The van der Waals surface area contributed by atoms with Crippen molar-refractivity contribution < 1.29 is 33.8 Å². The number of alkyl carbamates (subject to hydrolysis) is 1. The van der Waals surface area contributed by atoms with Gasteiger partial charge in [0.15, 0.2) is 0 Å². The van der Waals surface area contributed by atoms with Gasteiger partial charge in [0.25, 0.3) is 0 Å². The zero-order valence-electron chi connectivity index (χ0n) is 23.3. The Hall–Kier alpha value is -4.44. The fourth-order valence-electron chi connectivity index (χ4n) is 3.84. The Bertz CT molecular complexity index is 1140. The van der Waals surface area contributed by atoms with Crippen LogP contribution in [0.4, 0.5) is 4.79 Å². The summed E-state index contributed by atoms with van der Waals surface area (Å²) in [5.41, 5.74) is 1.47. The first-order valence-electron chi connectivity index (χ1n) is 13.4. The Kier molecular flexibility index (Phi) is 14.4. The van der Waals surface area contributed by atoms with Crippen LogP contribution in [-0.4, -0.2) is 54.3 Å². The highest BCUT2D eigenvalue weighted by Crippen LogP contribution is 2.18. The summed E-state index contributed by atoms with van der Waals surface area (Å²) in [4.78, 5) is 50.8. The van der Waals surface area contributed by atoms with Gasteiger partial charge in [-0.1, -0.05) is 72.8 Å². The first-order valence-corrected chi connectivity index (χ1v) is 13.4. The SMILES string of the molecule is C=CC[C@@H](CC(=O)N[C@H](C)CO)C(=O)N[C@H](COC(=O)[C@@H](CC=C)NC(=O)OCc1ccccc1)c1ccccc1. The van der Waals surface area contributed by atoms with Crippen molar-refractivity contribution in [1.82, 2.24) is 16.0 Å². The second-order valence-corrected chi connectivity index (χ2v) is 9.46. The van der Waals surface area contributed by atoms with Crippen molar-refractivity contribution in [3.8, 4) is 0 Å². The lowest BCUT2D eigenvalue weighted by molar-refractivity contribution is -0.147. The van der Waals surface area contributed by atoms with Crippen LogP contribution in [0.2, 0.25) is 0 Å². The topological polar surface area (TPSA) is 143 Å². The van der Waals surface area contributed by atoms with Gasteiger partial charge in [-0.2, -0.15) is 0 Å². The zero-order chi connectivity index (χ0) is 30.0. The van der Waals surface area contributed by atoms with Crippen molar-refractivity contribution in [2.75, 3.05) is 13.2 Å². The molecule has 0 bridgehead atoms. The molecule has 0 aliphatic carbocycles. The molecule has 0 saturated heterocycles. The standard InChI is InChI=1S/C31H39N3O7/c1-4-12-25(18-28(36)32-22(3)19-35)29(37)33-27(24-16-10-7-11-17-24)21-40-30(38)26(13-5-2)34-31(39)41-20-23-14-8-6-9-15-23/h4-11,14-17,22,25-27,35H,1-2,12-13,18-21H2,3H3,(H,32,36)(H,33,37)(H,34,39)/t22-,25+,26-,27-/m1/s1. The summed E-state index contributed by atoms with van der Waals surface area (Å²) in [6.07, 6.45) is 2.47. The zero-order valence-corrected chi connectivity index (χ0v) is 23.3. The lowest BCUT2D eigenvalue weighted by Gasteiger charge is -2.24. The Labute approximate surface area is 240 Å². The smallest absolute Gasteiger partial charge is 0.408 e. The molecule has 220 valence electrons. The molecule has 10 heteroatoms. The van der Waals surface area contributed by atoms with Gasteiger partial charge in [-0.3, -0.25) is 9.59 Å². The van der Waals surface area contributed by atoms with Crippen LogP contribution < -0.4 is 16.0 Å². The van der Waals surface area contributed by atoms with Crippen LogP contribution in [0.25, 0.3) is 0 Å². The molecule has 2 aromatic carbocycles. The Morgan fingerprint density at radius 2 is 1.51 bits per heavy atom. The van der Waals surface area contributed by atoms with Gasteiger partial charge >= 0.3 is 12.1 Å². The highest BCUT2D eigenvalue weighted by Gasteiger charge is 2.27. The van der Waals surface area contributed by atoms with Gasteiger partial charge in [0.1, 0.15) is 19.3 Å². The van der Waals surface area contributed by atoms with E-state index in [1.807, 2.05) is 36.4 Å². The molecule has 4 atom stereocenters. The van der Waals surface area contributed by atoms with Crippen LogP contribution in [0.15, 0.2) is 86.0 Å². The lowest BCUT2D eigenvalue weighted by Crippen LogP contribution is -2.43. The fourth-order valence-corrected chi connectivity index (χ4v) is 3.84. The number of hydrogen-bond donors (Lipinski definition) is 4. The van der Waals surface area contributed by atoms with Crippen molar-refractivity contribution in [2.24, 2.45) is 5.92 Å². The summed E-state index contributed by atoms with van der Waals surface area (Å²) in [5, 5.41) is 17.2. The minimum atomic E-state index is -1.05. The first-order chi connectivity index (χ1) is 19.8. The van der Waals surface area contributed by atoms with E-state index in [0.717, 1.165) is 5.56 Å². The van der Waals surface area contributed by atoms with Crippen molar-refractivity contribution in [1.29, 1.82) is 0 Å². The number of benzene rings is 2. The van der Waals surface area contributed by atoms with Crippen LogP contribution >= 0.6 is 0 Å². The summed E-state index contributed by atoms with van der Waals surface area (Å²) in [6.45, 7) is 8.56. The number of ether oxygens (including phenoxy) is 2. The molecule has 10 nitrogen and oxygen atoms in total. The van der Waals surface area contributed by atoms with Gasteiger partial charge in [0.05, 0.1) is 18.6 Å². The number of nitrogens with one attached hydrogen (secondary N) is 3. The number of carbonyl (C=O) groups excluding carboxylic acids is 4. The first kappa shape index (κ1) is 32.8. The Balaban J connectivity index is 2.05. The molecular formula is C31H39N3O7. The van der Waals surface area contributed by atoms with Gasteiger partial charge in [-0.05, 0) is 30.9 Å². The Morgan fingerprint density at radius 1 is 0.878 bits per heavy atom. The van der Waals surface area contributed by atoms with E-state index in [2.05, 4.69) is 29.1 Å². The van der Waals surface area contributed by atoms with Crippen LogP contribution in [0.3, 0.4) is 0 Å². The van der Waals surface area contributed by atoms with Crippen molar-refractivity contribution >= 4 is 23.9 Å².